The minimum atomic E-state index is 0.225. The number of hydrogen-bond donors (Lipinski definition) is 0. The molecule has 0 amide bonds. The van der Waals surface area contributed by atoms with Crippen molar-refractivity contribution in [2.75, 3.05) is 7.05 Å². The van der Waals surface area contributed by atoms with Gasteiger partial charge in [-0.05, 0) is 32.7 Å². The van der Waals surface area contributed by atoms with Gasteiger partial charge in [-0.15, -0.1) is 0 Å². The molecule has 2 atom stereocenters. The highest BCUT2D eigenvalue weighted by Crippen LogP contribution is 2.38. The number of rotatable bonds is 2. The molecule has 2 aliphatic rings. The van der Waals surface area contributed by atoms with E-state index in [0.29, 0.717) is 23.8 Å². The second-order valence-corrected chi connectivity index (χ2v) is 5.28. The summed E-state index contributed by atoms with van der Waals surface area (Å²) in [6, 6.07) is 1.39. The van der Waals surface area contributed by atoms with E-state index < -0.39 is 0 Å². The lowest BCUT2D eigenvalue weighted by atomic mass is 9.84. The second-order valence-electron chi connectivity index (χ2n) is 5.28. The van der Waals surface area contributed by atoms with Crippen molar-refractivity contribution in [3.8, 4) is 0 Å². The van der Waals surface area contributed by atoms with Gasteiger partial charge in [-0.1, -0.05) is 13.8 Å². The number of ketones is 1. The monoisotopic (exact) mass is 195 g/mol. The molecular formula is C12H21NO. The van der Waals surface area contributed by atoms with Crippen LogP contribution in [-0.4, -0.2) is 29.8 Å². The summed E-state index contributed by atoms with van der Waals surface area (Å²) >= 11 is 0. The minimum absolute atomic E-state index is 0.225. The molecule has 2 heterocycles. The van der Waals surface area contributed by atoms with Gasteiger partial charge in [0.2, 0.25) is 0 Å². The summed E-state index contributed by atoms with van der Waals surface area (Å²) in [5.74, 6) is 1.08. The van der Waals surface area contributed by atoms with E-state index in [-0.39, 0.29) is 5.92 Å². The van der Waals surface area contributed by atoms with Crippen molar-refractivity contribution < 1.29 is 4.79 Å². The SMILES string of the molecule is CC(C)C(=O)C1CC2CCC(C1)N2C. The van der Waals surface area contributed by atoms with Gasteiger partial charge in [0.15, 0.2) is 0 Å². The van der Waals surface area contributed by atoms with Crippen molar-refractivity contribution in [3.63, 3.8) is 0 Å². The van der Waals surface area contributed by atoms with Gasteiger partial charge in [0.05, 0.1) is 0 Å². The highest BCUT2D eigenvalue weighted by atomic mass is 16.1. The van der Waals surface area contributed by atoms with Crippen LogP contribution in [0.15, 0.2) is 0 Å². The molecule has 2 bridgehead atoms. The van der Waals surface area contributed by atoms with E-state index in [1.54, 1.807) is 0 Å². The largest absolute Gasteiger partial charge is 0.300 e. The molecule has 2 saturated heterocycles. The van der Waals surface area contributed by atoms with E-state index >= 15 is 0 Å². The van der Waals surface area contributed by atoms with E-state index in [9.17, 15) is 4.79 Å². The number of piperidine rings is 1. The molecule has 0 aromatic heterocycles. The first-order valence-corrected chi connectivity index (χ1v) is 5.85. The quantitative estimate of drug-likeness (QED) is 0.672. The Kier molecular flexibility index (Phi) is 2.65. The minimum Gasteiger partial charge on any atom is -0.300 e. The third-order valence-corrected chi connectivity index (χ3v) is 4.07. The van der Waals surface area contributed by atoms with Crippen LogP contribution in [0.1, 0.15) is 39.5 Å². The third kappa shape index (κ3) is 1.60. The van der Waals surface area contributed by atoms with E-state index in [2.05, 4.69) is 11.9 Å². The predicted octanol–water partition coefficient (Wildman–Crippen LogP) is 2.08. The van der Waals surface area contributed by atoms with E-state index in [0.717, 1.165) is 12.8 Å². The van der Waals surface area contributed by atoms with Crippen LogP contribution in [0.3, 0.4) is 0 Å². The molecule has 2 unspecified atom stereocenters. The Balaban J connectivity index is 2.02. The Bertz CT molecular complexity index is 222. The molecule has 0 aromatic carbocycles. The fourth-order valence-corrected chi connectivity index (χ4v) is 3.12. The van der Waals surface area contributed by atoms with Crippen LogP contribution in [-0.2, 0) is 4.79 Å². The lowest BCUT2D eigenvalue weighted by Crippen LogP contribution is -2.42. The van der Waals surface area contributed by atoms with Gasteiger partial charge in [-0.25, -0.2) is 0 Å². The molecule has 0 spiro atoms. The smallest absolute Gasteiger partial charge is 0.138 e. The van der Waals surface area contributed by atoms with Crippen molar-refractivity contribution in [1.29, 1.82) is 0 Å². The maximum Gasteiger partial charge on any atom is 0.138 e. The molecule has 2 nitrogen and oxygen atoms in total. The van der Waals surface area contributed by atoms with Crippen molar-refractivity contribution in [1.82, 2.24) is 4.90 Å². The van der Waals surface area contributed by atoms with Crippen LogP contribution in [0.2, 0.25) is 0 Å². The zero-order chi connectivity index (χ0) is 10.3. The first-order chi connectivity index (χ1) is 6.59. The standard InChI is InChI=1S/C12H21NO/c1-8(2)12(14)9-6-10-4-5-11(7-9)13(10)3/h8-11H,4-7H2,1-3H3. The number of fused-ring (bicyclic) bond motifs is 2. The molecular weight excluding hydrogens is 174 g/mol. The van der Waals surface area contributed by atoms with Crippen LogP contribution in [0.4, 0.5) is 0 Å². The molecule has 0 radical (unpaired) electrons. The highest BCUT2D eigenvalue weighted by molar-refractivity contribution is 5.83. The summed E-state index contributed by atoms with van der Waals surface area (Å²) in [4.78, 5) is 14.4. The molecule has 2 fully saturated rings. The average molecular weight is 195 g/mol. The number of Topliss-reactive ketones (excluding diaryl/α,β-unsaturated/α-hetero) is 1. The average Bonchev–Trinajstić information content (AvgIpc) is 2.42. The van der Waals surface area contributed by atoms with Crippen molar-refractivity contribution in [2.45, 2.75) is 51.6 Å². The van der Waals surface area contributed by atoms with Crippen LogP contribution in [0.25, 0.3) is 0 Å². The van der Waals surface area contributed by atoms with Crippen LogP contribution >= 0.6 is 0 Å². The summed E-state index contributed by atoms with van der Waals surface area (Å²) in [5, 5.41) is 0. The van der Waals surface area contributed by atoms with E-state index in [4.69, 9.17) is 0 Å². The molecule has 0 N–H and O–H groups in total. The van der Waals surface area contributed by atoms with E-state index in [1.165, 1.54) is 12.8 Å². The van der Waals surface area contributed by atoms with Crippen molar-refractivity contribution in [3.05, 3.63) is 0 Å². The van der Waals surface area contributed by atoms with E-state index in [1.807, 2.05) is 13.8 Å². The molecule has 0 aromatic rings. The van der Waals surface area contributed by atoms with Gasteiger partial charge in [0, 0.05) is 23.9 Å². The predicted molar refractivity (Wildman–Crippen MR) is 57.1 cm³/mol. The van der Waals surface area contributed by atoms with Crippen LogP contribution < -0.4 is 0 Å². The molecule has 80 valence electrons. The van der Waals surface area contributed by atoms with Crippen molar-refractivity contribution >= 4 is 5.78 Å². The third-order valence-electron chi connectivity index (χ3n) is 4.07. The summed E-state index contributed by atoms with van der Waals surface area (Å²) in [6.45, 7) is 4.06. The molecule has 0 aliphatic carbocycles. The zero-order valence-corrected chi connectivity index (χ0v) is 9.49. The number of hydrogen-bond acceptors (Lipinski definition) is 2. The number of carbonyl (C=O) groups is 1. The Hall–Kier alpha value is -0.370. The molecule has 0 saturated carbocycles. The van der Waals surface area contributed by atoms with Gasteiger partial charge < -0.3 is 4.90 Å². The summed E-state index contributed by atoms with van der Waals surface area (Å²) in [5.41, 5.74) is 0. The van der Waals surface area contributed by atoms with Gasteiger partial charge in [-0.3, -0.25) is 4.79 Å². The molecule has 2 aliphatic heterocycles. The first-order valence-electron chi connectivity index (χ1n) is 5.85. The summed E-state index contributed by atoms with van der Waals surface area (Å²) in [7, 11) is 2.22. The molecule has 14 heavy (non-hydrogen) atoms. The first kappa shape index (κ1) is 10.2. The molecule has 2 heteroatoms. The fraction of sp³-hybridized carbons (Fsp3) is 0.917. The Morgan fingerprint density at radius 1 is 1.21 bits per heavy atom. The highest BCUT2D eigenvalue weighted by Gasteiger charge is 2.40. The van der Waals surface area contributed by atoms with Gasteiger partial charge in [0.25, 0.3) is 0 Å². The number of nitrogens with zero attached hydrogens (tertiary/aromatic N) is 1. The summed E-state index contributed by atoms with van der Waals surface area (Å²) in [6.07, 6.45) is 4.85. The Labute approximate surface area is 86.7 Å². The Morgan fingerprint density at radius 3 is 2.14 bits per heavy atom. The fourth-order valence-electron chi connectivity index (χ4n) is 3.12. The lowest BCUT2D eigenvalue weighted by Gasteiger charge is -2.36. The maximum absolute atomic E-state index is 11.9. The number of carbonyl (C=O) groups excluding carboxylic acids is 1. The topological polar surface area (TPSA) is 20.3 Å². The van der Waals surface area contributed by atoms with Gasteiger partial charge >= 0.3 is 0 Å². The van der Waals surface area contributed by atoms with Crippen LogP contribution in [0.5, 0.6) is 0 Å². The van der Waals surface area contributed by atoms with Gasteiger partial charge in [0.1, 0.15) is 5.78 Å². The van der Waals surface area contributed by atoms with Crippen LogP contribution in [0, 0.1) is 11.8 Å². The second kappa shape index (κ2) is 3.65. The van der Waals surface area contributed by atoms with Gasteiger partial charge in [-0.2, -0.15) is 0 Å². The normalized spacial score (nSPS) is 37.9. The zero-order valence-electron chi connectivity index (χ0n) is 9.49. The Morgan fingerprint density at radius 2 is 1.71 bits per heavy atom. The van der Waals surface area contributed by atoms with Crippen molar-refractivity contribution in [2.24, 2.45) is 11.8 Å². The molecule has 2 rings (SSSR count). The summed E-state index contributed by atoms with van der Waals surface area (Å²) < 4.78 is 0. The maximum atomic E-state index is 11.9. The lowest BCUT2D eigenvalue weighted by molar-refractivity contribution is -0.128.